The number of nitrogens with zero attached hydrogens (tertiary/aromatic N) is 2. The van der Waals surface area contributed by atoms with Crippen LogP contribution in [0.1, 0.15) is 5.56 Å². The second-order valence-corrected chi connectivity index (χ2v) is 8.19. The second kappa shape index (κ2) is 5.03. The predicted molar refractivity (Wildman–Crippen MR) is 122 cm³/mol. The quantitative estimate of drug-likeness (QED) is 0.169. The minimum Gasteiger partial charge on any atom is -0.303 e. The summed E-state index contributed by atoms with van der Waals surface area (Å²) < 4.78 is 4.78. The molecule has 3 heterocycles. The highest BCUT2D eigenvalue weighted by Crippen LogP contribution is 2.42. The second-order valence-electron chi connectivity index (χ2n) is 8.19. The van der Waals surface area contributed by atoms with Crippen LogP contribution in [0.5, 0.6) is 0 Å². The van der Waals surface area contributed by atoms with Gasteiger partial charge in [0.15, 0.2) is 6.20 Å². The Hall–Kier alpha value is -3.65. The monoisotopic (exact) mass is 371 g/mol. The summed E-state index contributed by atoms with van der Waals surface area (Å²) in [4.78, 5) is 0. The van der Waals surface area contributed by atoms with Gasteiger partial charge in [0.1, 0.15) is 12.6 Å². The summed E-state index contributed by atoms with van der Waals surface area (Å²) in [6, 6.07) is 26.8. The molecule has 29 heavy (non-hydrogen) atoms. The Morgan fingerprint density at radius 2 is 1.48 bits per heavy atom. The predicted octanol–water partition coefficient (Wildman–Crippen LogP) is 6.28. The Labute approximate surface area is 167 Å². The van der Waals surface area contributed by atoms with Crippen LogP contribution in [-0.2, 0) is 7.05 Å². The fourth-order valence-corrected chi connectivity index (χ4v) is 5.41. The van der Waals surface area contributed by atoms with Crippen molar-refractivity contribution in [3.05, 3.63) is 84.6 Å². The summed E-state index contributed by atoms with van der Waals surface area (Å²) in [6.07, 6.45) is 2.21. The fraction of sp³-hybridized carbons (Fsp3) is 0.0741. The summed E-state index contributed by atoms with van der Waals surface area (Å²) in [6.45, 7) is 2.24. The van der Waals surface area contributed by atoms with Crippen LogP contribution < -0.4 is 4.57 Å². The third-order valence-corrected chi connectivity index (χ3v) is 6.65. The highest BCUT2D eigenvalue weighted by molar-refractivity contribution is 6.29. The molecule has 2 heteroatoms. The average molecular weight is 371 g/mol. The van der Waals surface area contributed by atoms with Crippen LogP contribution in [0.4, 0.5) is 0 Å². The molecule has 4 aromatic carbocycles. The number of aromatic nitrogens is 2. The number of para-hydroxylation sites is 1. The van der Waals surface area contributed by atoms with Gasteiger partial charge in [0, 0.05) is 22.2 Å². The van der Waals surface area contributed by atoms with Crippen LogP contribution in [-0.4, -0.2) is 4.40 Å². The molecule has 0 amide bonds. The number of benzene rings is 4. The zero-order valence-corrected chi connectivity index (χ0v) is 16.4. The van der Waals surface area contributed by atoms with Gasteiger partial charge < -0.3 is 4.40 Å². The first-order valence-corrected chi connectivity index (χ1v) is 10.1. The molecule has 0 saturated carbocycles. The summed E-state index contributed by atoms with van der Waals surface area (Å²) >= 11 is 0. The molecular weight excluding hydrogens is 352 g/mol. The minimum absolute atomic E-state index is 1.28. The molecule has 0 spiro atoms. The zero-order valence-electron chi connectivity index (χ0n) is 16.4. The summed E-state index contributed by atoms with van der Waals surface area (Å²) in [5, 5.41) is 9.31. The van der Waals surface area contributed by atoms with Gasteiger partial charge in [0.25, 0.3) is 0 Å². The molecule has 0 atom stereocenters. The van der Waals surface area contributed by atoms with E-state index >= 15 is 0 Å². The van der Waals surface area contributed by atoms with Gasteiger partial charge in [0.05, 0.1) is 16.4 Å². The molecule has 3 aromatic heterocycles. The van der Waals surface area contributed by atoms with Gasteiger partial charge in [-0.05, 0) is 40.8 Å². The lowest BCUT2D eigenvalue weighted by Gasteiger charge is -2.15. The maximum Gasteiger partial charge on any atom is 0.238 e. The molecule has 0 aliphatic carbocycles. The van der Waals surface area contributed by atoms with Crippen molar-refractivity contribution in [3.63, 3.8) is 0 Å². The van der Waals surface area contributed by atoms with E-state index in [-0.39, 0.29) is 0 Å². The molecule has 136 valence electrons. The molecular formula is C27H19N2+. The molecule has 2 nitrogen and oxygen atoms in total. The average Bonchev–Trinajstić information content (AvgIpc) is 3.08. The Morgan fingerprint density at radius 1 is 0.690 bits per heavy atom. The lowest BCUT2D eigenvalue weighted by molar-refractivity contribution is -0.644. The van der Waals surface area contributed by atoms with E-state index in [1.165, 1.54) is 65.3 Å². The lowest BCUT2D eigenvalue weighted by atomic mass is 9.94. The standard InChI is InChI=1S/C27H19N2/c1-16-11-12-20-18-8-4-3-7-17(18)15-23-25(20)24(16)27-26-21(13-14-28(27)2)19-9-5-6-10-22(19)29(23)26/h3-15H,1-2H3/q+1. The topological polar surface area (TPSA) is 8.29 Å². The molecule has 0 bridgehead atoms. The van der Waals surface area contributed by atoms with E-state index in [9.17, 15) is 0 Å². The number of rotatable bonds is 0. The van der Waals surface area contributed by atoms with Crippen LogP contribution in [0.3, 0.4) is 0 Å². The summed E-state index contributed by atoms with van der Waals surface area (Å²) in [7, 11) is 2.17. The van der Waals surface area contributed by atoms with E-state index in [2.05, 4.69) is 102 Å². The molecule has 0 unspecified atom stereocenters. The molecule has 0 N–H and O–H groups in total. The van der Waals surface area contributed by atoms with Gasteiger partial charge in [-0.1, -0.05) is 54.6 Å². The number of hydrogen-bond donors (Lipinski definition) is 0. The molecule has 7 aromatic rings. The van der Waals surface area contributed by atoms with Crippen LogP contribution in [0, 0.1) is 6.92 Å². The Kier molecular flexibility index (Phi) is 2.66. The van der Waals surface area contributed by atoms with Crippen molar-refractivity contribution in [2.24, 2.45) is 7.05 Å². The van der Waals surface area contributed by atoms with Crippen molar-refractivity contribution in [2.45, 2.75) is 6.92 Å². The number of hydrogen-bond acceptors (Lipinski definition) is 0. The van der Waals surface area contributed by atoms with E-state index in [0.717, 1.165) is 0 Å². The highest BCUT2D eigenvalue weighted by atomic mass is 15.0. The first-order valence-electron chi connectivity index (χ1n) is 10.1. The normalized spacial score (nSPS) is 12.5. The van der Waals surface area contributed by atoms with Crippen molar-refractivity contribution in [3.8, 4) is 0 Å². The van der Waals surface area contributed by atoms with Crippen molar-refractivity contribution < 1.29 is 4.57 Å². The van der Waals surface area contributed by atoms with Gasteiger partial charge in [-0.25, -0.2) is 0 Å². The number of pyridine rings is 2. The molecule has 7 rings (SSSR count). The SMILES string of the molecule is Cc1ccc2c3ccccc3cc3c2c1c1c2c(cc[n+]1C)c1ccccc1n32. The van der Waals surface area contributed by atoms with Crippen molar-refractivity contribution in [1.29, 1.82) is 0 Å². The van der Waals surface area contributed by atoms with E-state index in [1.54, 1.807) is 0 Å². The van der Waals surface area contributed by atoms with Crippen molar-refractivity contribution in [2.75, 3.05) is 0 Å². The van der Waals surface area contributed by atoms with Gasteiger partial charge in [-0.2, -0.15) is 4.57 Å². The Bertz CT molecular complexity index is 1770. The van der Waals surface area contributed by atoms with E-state index in [0.29, 0.717) is 0 Å². The van der Waals surface area contributed by atoms with Crippen LogP contribution in [0.2, 0.25) is 0 Å². The van der Waals surface area contributed by atoms with Gasteiger partial charge in [-0.3, -0.25) is 0 Å². The van der Waals surface area contributed by atoms with E-state index in [4.69, 9.17) is 0 Å². The first-order chi connectivity index (χ1) is 14.2. The first kappa shape index (κ1) is 15.3. The van der Waals surface area contributed by atoms with Crippen LogP contribution in [0.25, 0.3) is 59.8 Å². The number of fused-ring (bicyclic) bond motifs is 7. The molecule has 0 aliphatic heterocycles. The largest absolute Gasteiger partial charge is 0.303 e. The Balaban J connectivity index is 2.00. The third kappa shape index (κ3) is 1.71. The number of aryl methyl sites for hydroxylation is 2. The molecule has 0 saturated heterocycles. The van der Waals surface area contributed by atoms with Crippen LogP contribution in [0.15, 0.2) is 79.0 Å². The maximum absolute atomic E-state index is 2.49. The smallest absolute Gasteiger partial charge is 0.238 e. The third-order valence-electron chi connectivity index (χ3n) is 6.65. The maximum atomic E-state index is 2.49. The van der Waals surface area contributed by atoms with Gasteiger partial charge >= 0.3 is 0 Å². The van der Waals surface area contributed by atoms with Crippen molar-refractivity contribution in [1.82, 2.24) is 4.40 Å². The molecule has 0 radical (unpaired) electrons. The van der Waals surface area contributed by atoms with Crippen LogP contribution >= 0.6 is 0 Å². The summed E-state index contributed by atoms with van der Waals surface area (Å²) in [5.41, 5.74) is 6.52. The minimum atomic E-state index is 1.28. The van der Waals surface area contributed by atoms with Gasteiger partial charge in [-0.15, -0.1) is 0 Å². The fourth-order valence-electron chi connectivity index (χ4n) is 5.41. The molecule has 0 fully saturated rings. The van der Waals surface area contributed by atoms with E-state index < -0.39 is 0 Å². The van der Waals surface area contributed by atoms with Gasteiger partial charge in [0.2, 0.25) is 5.52 Å². The zero-order chi connectivity index (χ0) is 19.3. The van der Waals surface area contributed by atoms with E-state index in [1.807, 2.05) is 0 Å². The summed E-state index contributed by atoms with van der Waals surface area (Å²) in [5.74, 6) is 0. The highest BCUT2D eigenvalue weighted by Gasteiger charge is 2.24. The molecule has 0 aliphatic rings. The lowest BCUT2D eigenvalue weighted by Crippen LogP contribution is -2.28. The Morgan fingerprint density at radius 3 is 2.38 bits per heavy atom. The van der Waals surface area contributed by atoms with Crippen molar-refractivity contribution >= 4 is 59.8 Å².